The number of amides is 1. The predicted octanol–water partition coefficient (Wildman–Crippen LogP) is 3.99. The van der Waals surface area contributed by atoms with Crippen molar-refractivity contribution in [3.05, 3.63) is 82.9 Å². The molecule has 8 nitrogen and oxygen atoms in total. The van der Waals surface area contributed by atoms with Gasteiger partial charge in [-0.2, -0.15) is 0 Å². The summed E-state index contributed by atoms with van der Waals surface area (Å²) in [5.41, 5.74) is 3.42. The van der Waals surface area contributed by atoms with Crippen LogP contribution in [0.5, 0.6) is 5.75 Å². The number of nitrogens with zero attached hydrogens (tertiary/aromatic N) is 1. The third-order valence-electron chi connectivity index (χ3n) is 5.88. The van der Waals surface area contributed by atoms with Crippen molar-refractivity contribution in [2.45, 2.75) is 31.8 Å². The quantitative estimate of drug-likeness (QED) is 0.538. The molecule has 1 heterocycles. The fraction of sp³-hybridized carbons (Fsp3) is 0.231. The molecule has 0 aliphatic carbocycles. The highest BCUT2D eigenvalue weighted by atomic mass is 32.2. The minimum atomic E-state index is -3.96. The lowest BCUT2D eigenvalue weighted by Gasteiger charge is -2.35. The molecule has 4 rings (SSSR count). The van der Waals surface area contributed by atoms with E-state index in [9.17, 15) is 18.0 Å². The number of hydrogen-bond donors (Lipinski definition) is 1. The number of sulfonamides is 1. The molecule has 0 unspecified atom stereocenters. The van der Waals surface area contributed by atoms with Gasteiger partial charge < -0.3 is 14.8 Å². The number of carbonyl (C=O) groups excluding carboxylic acids is 2. The average molecular weight is 495 g/mol. The first-order chi connectivity index (χ1) is 16.6. The minimum absolute atomic E-state index is 0.123. The number of aryl methyl sites for hydroxylation is 2. The third kappa shape index (κ3) is 4.72. The van der Waals surface area contributed by atoms with Crippen molar-refractivity contribution in [1.82, 2.24) is 0 Å². The van der Waals surface area contributed by atoms with E-state index >= 15 is 0 Å². The number of hydrogen-bond acceptors (Lipinski definition) is 6. The number of fused-ring (bicyclic) bond motifs is 1. The highest BCUT2D eigenvalue weighted by Gasteiger charge is 2.37. The van der Waals surface area contributed by atoms with Crippen LogP contribution in [0.3, 0.4) is 0 Å². The van der Waals surface area contributed by atoms with Gasteiger partial charge in [0.2, 0.25) is 0 Å². The van der Waals surface area contributed by atoms with Gasteiger partial charge >= 0.3 is 5.97 Å². The van der Waals surface area contributed by atoms with Gasteiger partial charge in [0.1, 0.15) is 5.75 Å². The van der Waals surface area contributed by atoms with Crippen LogP contribution in [-0.4, -0.2) is 40.1 Å². The molecule has 3 aromatic carbocycles. The molecule has 0 saturated carbocycles. The molecule has 0 spiro atoms. The normalized spacial score (nSPS) is 15.1. The summed E-state index contributed by atoms with van der Waals surface area (Å²) in [5.74, 6) is -0.759. The maximum absolute atomic E-state index is 13.6. The lowest BCUT2D eigenvalue weighted by atomic mass is 10.1. The number of carbonyl (C=O) groups is 2. The summed E-state index contributed by atoms with van der Waals surface area (Å²) in [6, 6.07) is 16.6. The van der Waals surface area contributed by atoms with Crippen molar-refractivity contribution in [1.29, 1.82) is 0 Å². The van der Waals surface area contributed by atoms with Crippen LogP contribution in [0.2, 0.25) is 0 Å². The maximum atomic E-state index is 13.6. The fourth-order valence-electron chi connectivity index (χ4n) is 3.88. The Balaban J connectivity index is 1.68. The number of nitrogens with one attached hydrogen (secondary N) is 1. The van der Waals surface area contributed by atoms with Crippen molar-refractivity contribution in [2.24, 2.45) is 0 Å². The molecule has 0 aromatic heterocycles. The number of methoxy groups -OCH3 is 1. The standard InChI is InChI=1S/C26H26N2O6S/c1-16-8-11-19(12-9-16)35(31,32)28-15-24(34-23-14-17(2)10-13-22(23)28)25(29)27-21-7-5-6-20(18(21)3)26(30)33-4/h5-14,24H,15H2,1-4H3,(H,27,29)/t24-/m1/s1. The van der Waals surface area contributed by atoms with Crippen LogP contribution in [0.25, 0.3) is 0 Å². The van der Waals surface area contributed by atoms with Crippen LogP contribution in [0.15, 0.2) is 65.6 Å². The van der Waals surface area contributed by atoms with E-state index in [1.165, 1.54) is 11.4 Å². The van der Waals surface area contributed by atoms with E-state index in [1.807, 2.05) is 13.8 Å². The number of rotatable bonds is 5. The topological polar surface area (TPSA) is 102 Å². The van der Waals surface area contributed by atoms with Gasteiger partial charge in [0.25, 0.3) is 15.9 Å². The van der Waals surface area contributed by atoms with Crippen LogP contribution in [0.1, 0.15) is 27.0 Å². The van der Waals surface area contributed by atoms with E-state index in [-0.39, 0.29) is 11.4 Å². The zero-order chi connectivity index (χ0) is 25.3. The number of esters is 1. The second kappa shape index (κ2) is 9.42. The molecule has 1 aliphatic heterocycles. The van der Waals surface area contributed by atoms with E-state index in [0.29, 0.717) is 28.3 Å². The molecule has 182 valence electrons. The van der Waals surface area contributed by atoms with Gasteiger partial charge in [0, 0.05) is 5.69 Å². The van der Waals surface area contributed by atoms with Gasteiger partial charge in [-0.15, -0.1) is 0 Å². The van der Waals surface area contributed by atoms with Gasteiger partial charge in [-0.3, -0.25) is 9.10 Å². The smallest absolute Gasteiger partial charge is 0.338 e. The first kappa shape index (κ1) is 24.3. The summed E-state index contributed by atoms with van der Waals surface area (Å²) in [5, 5.41) is 2.77. The highest BCUT2D eigenvalue weighted by molar-refractivity contribution is 7.92. The molecule has 1 aliphatic rings. The van der Waals surface area contributed by atoms with Crippen LogP contribution < -0.4 is 14.4 Å². The van der Waals surface area contributed by atoms with E-state index in [2.05, 4.69) is 5.32 Å². The molecule has 35 heavy (non-hydrogen) atoms. The van der Waals surface area contributed by atoms with Crippen LogP contribution in [-0.2, 0) is 19.6 Å². The van der Waals surface area contributed by atoms with Crippen molar-refractivity contribution >= 4 is 33.3 Å². The van der Waals surface area contributed by atoms with Gasteiger partial charge in [0.15, 0.2) is 6.10 Å². The summed E-state index contributed by atoms with van der Waals surface area (Å²) in [6.07, 6.45) is -1.12. The highest BCUT2D eigenvalue weighted by Crippen LogP contribution is 2.38. The summed E-state index contributed by atoms with van der Waals surface area (Å²) < 4.78 is 39.1. The first-order valence-electron chi connectivity index (χ1n) is 11.0. The number of benzene rings is 3. The van der Waals surface area contributed by atoms with Crippen LogP contribution >= 0.6 is 0 Å². The summed E-state index contributed by atoms with van der Waals surface area (Å²) in [4.78, 5) is 25.4. The van der Waals surface area contributed by atoms with Crippen molar-refractivity contribution in [3.8, 4) is 5.75 Å². The van der Waals surface area contributed by atoms with Gasteiger partial charge in [-0.25, -0.2) is 13.2 Å². The largest absolute Gasteiger partial charge is 0.476 e. The summed E-state index contributed by atoms with van der Waals surface area (Å²) in [6.45, 7) is 5.21. The van der Waals surface area contributed by atoms with E-state index < -0.39 is 28.0 Å². The molecule has 3 aromatic rings. The monoisotopic (exact) mass is 494 g/mol. The molecule has 9 heteroatoms. The van der Waals surface area contributed by atoms with E-state index in [0.717, 1.165) is 11.1 Å². The zero-order valence-electron chi connectivity index (χ0n) is 19.9. The molecule has 0 bridgehead atoms. The maximum Gasteiger partial charge on any atom is 0.338 e. The average Bonchev–Trinajstić information content (AvgIpc) is 2.84. The molecular formula is C26H26N2O6S. The zero-order valence-corrected chi connectivity index (χ0v) is 20.7. The van der Waals surface area contributed by atoms with Gasteiger partial charge in [0.05, 0.1) is 29.8 Å². The summed E-state index contributed by atoms with van der Waals surface area (Å²) in [7, 11) is -2.68. The molecule has 0 fully saturated rings. The lowest BCUT2D eigenvalue weighted by molar-refractivity contribution is -0.122. The molecule has 1 N–H and O–H groups in total. The van der Waals surface area contributed by atoms with Crippen molar-refractivity contribution in [2.75, 3.05) is 23.3 Å². The van der Waals surface area contributed by atoms with Crippen LogP contribution in [0, 0.1) is 20.8 Å². The Morgan fingerprint density at radius 3 is 2.37 bits per heavy atom. The Morgan fingerprint density at radius 1 is 1.00 bits per heavy atom. The fourth-order valence-corrected chi connectivity index (χ4v) is 5.35. The Kier molecular flexibility index (Phi) is 6.53. The molecule has 0 radical (unpaired) electrons. The molecule has 0 saturated heterocycles. The van der Waals surface area contributed by atoms with Crippen LogP contribution in [0.4, 0.5) is 11.4 Å². The van der Waals surface area contributed by atoms with Crippen molar-refractivity contribution in [3.63, 3.8) is 0 Å². The molecule has 1 amide bonds. The molecular weight excluding hydrogens is 468 g/mol. The van der Waals surface area contributed by atoms with Gasteiger partial charge in [-0.05, 0) is 68.3 Å². The SMILES string of the molecule is COC(=O)c1cccc(NC(=O)[C@H]2CN(S(=O)(=O)c3ccc(C)cc3)c3ccc(C)cc3O2)c1C. The van der Waals surface area contributed by atoms with Crippen molar-refractivity contribution < 1.29 is 27.5 Å². The third-order valence-corrected chi connectivity index (χ3v) is 7.68. The first-order valence-corrected chi connectivity index (χ1v) is 12.4. The Labute approximate surface area is 204 Å². The van der Waals surface area contributed by atoms with E-state index in [4.69, 9.17) is 9.47 Å². The Hall–Kier alpha value is -3.85. The Bertz CT molecular complexity index is 1400. The predicted molar refractivity (Wildman–Crippen MR) is 132 cm³/mol. The second-order valence-corrected chi connectivity index (χ2v) is 10.2. The van der Waals surface area contributed by atoms with Gasteiger partial charge in [-0.1, -0.05) is 29.8 Å². The second-order valence-electron chi connectivity index (χ2n) is 8.39. The Morgan fingerprint density at radius 2 is 1.69 bits per heavy atom. The minimum Gasteiger partial charge on any atom is -0.476 e. The summed E-state index contributed by atoms with van der Waals surface area (Å²) >= 11 is 0. The lowest BCUT2D eigenvalue weighted by Crippen LogP contribution is -2.48. The number of ether oxygens (including phenoxy) is 2. The molecule has 1 atom stereocenters. The number of anilines is 2. The van der Waals surface area contributed by atoms with E-state index in [1.54, 1.807) is 67.6 Å².